The molecule has 5 nitrogen and oxygen atoms in total. The zero-order valence-electron chi connectivity index (χ0n) is 14.8. The van der Waals surface area contributed by atoms with E-state index in [0.717, 1.165) is 22.6 Å². The summed E-state index contributed by atoms with van der Waals surface area (Å²) in [5, 5.41) is 1.20. The van der Waals surface area contributed by atoms with Crippen LogP contribution in [0.15, 0.2) is 71.8 Å². The van der Waals surface area contributed by atoms with Gasteiger partial charge in [-0.1, -0.05) is 41.9 Å². The van der Waals surface area contributed by atoms with Crippen molar-refractivity contribution in [1.29, 1.82) is 0 Å². The Morgan fingerprint density at radius 1 is 1.07 bits per heavy atom. The fourth-order valence-corrected chi connectivity index (χ4v) is 3.27. The molecule has 4 rings (SSSR count). The lowest BCUT2D eigenvalue weighted by atomic mass is 10.1. The highest BCUT2D eigenvalue weighted by Gasteiger charge is 2.17. The van der Waals surface area contributed by atoms with Crippen LogP contribution in [0.3, 0.4) is 0 Å². The van der Waals surface area contributed by atoms with Crippen molar-refractivity contribution in [1.82, 2.24) is 14.1 Å². The van der Waals surface area contributed by atoms with Crippen LogP contribution in [0.4, 0.5) is 0 Å². The van der Waals surface area contributed by atoms with E-state index in [1.54, 1.807) is 0 Å². The molecule has 2 heterocycles. The molecule has 0 radical (unpaired) electrons. The van der Waals surface area contributed by atoms with Crippen molar-refractivity contribution in [3.8, 4) is 16.9 Å². The lowest BCUT2D eigenvalue weighted by Gasteiger charge is -2.15. The maximum atomic E-state index is 12.5. The number of hydrogen-bond donors (Lipinski definition) is 0. The highest BCUT2D eigenvalue weighted by Crippen LogP contribution is 2.30. The maximum Gasteiger partial charge on any atom is 0.282 e. The normalized spacial score (nSPS) is 11.2. The number of nitrogens with zero attached hydrogens (tertiary/aromatic N) is 3. The van der Waals surface area contributed by atoms with E-state index < -0.39 is 0 Å². The van der Waals surface area contributed by atoms with Gasteiger partial charge in [0.25, 0.3) is 5.56 Å². The molecule has 0 saturated carbocycles. The molecule has 136 valence electrons. The van der Waals surface area contributed by atoms with E-state index in [0.29, 0.717) is 23.7 Å². The SMILES string of the molecule is CCOCn1cnc(=O)c2cc(-c3ccccc3)n(-c3ccc(Cl)cc3)c21. The third-order valence-corrected chi connectivity index (χ3v) is 4.63. The summed E-state index contributed by atoms with van der Waals surface area (Å²) in [5.41, 5.74) is 3.30. The van der Waals surface area contributed by atoms with Crippen LogP contribution in [0.1, 0.15) is 6.92 Å². The van der Waals surface area contributed by atoms with Gasteiger partial charge in [-0.3, -0.25) is 13.9 Å². The summed E-state index contributed by atoms with van der Waals surface area (Å²) in [6, 6.07) is 19.4. The number of benzene rings is 2. The Morgan fingerprint density at radius 2 is 1.81 bits per heavy atom. The molecule has 0 saturated heterocycles. The minimum Gasteiger partial charge on any atom is -0.361 e. The highest BCUT2D eigenvalue weighted by molar-refractivity contribution is 6.30. The molecule has 0 unspecified atom stereocenters. The molecule has 0 aliphatic rings. The lowest BCUT2D eigenvalue weighted by molar-refractivity contribution is 0.0892. The molecule has 2 aromatic carbocycles. The van der Waals surface area contributed by atoms with Gasteiger partial charge in [0, 0.05) is 17.3 Å². The molecule has 0 aliphatic carbocycles. The Bertz CT molecular complexity index is 1130. The van der Waals surface area contributed by atoms with E-state index in [9.17, 15) is 4.79 Å². The van der Waals surface area contributed by atoms with Gasteiger partial charge in [-0.05, 0) is 42.8 Å². The summed E-state index contributed by atoms with van der Waals surface area (Å²) >= 11 is 6.08. The molecule has 6 heteroatoms. The van der Waals surface area contributed by atoms with Gasteiger partial charge in [0.05, 0.1) is 11.1 Å². The van der Waals surface area contributed by atoms with E-state index in [4.69, 9.17) is 16.3 Å². The number of ether oxygens (including phenoxy) is 1. The van der Waals surface area contributed by atoms with Gasteiger partial charge in [0.1, 0.15) is 18.7 Å². The molecular weight excluding hydrogens is 362 g/mol. The fourth-order valence-electron chi connectivity index (χ4n) is 3.14. The highest BCUT2D eigenvalue weighted by atomic mass is 35.5. The molecule has 0 amide bonds. The second-order valence-corrected chi connectivity index (χ2v) is 6.52. The third kappa shape index (κ3) is 3.27. The van der Waals surface area contributed by atoms with E-state index in [1.165, 1.54) is 6.33 Å². The van der Waals surface area contributed by atoms with Crippen molar-refractivity contribution >= 4 is 22.6 Å². The third-order valence-electron chi connectivity index (χ3n) is 4.38. The first kappa shape index (κ1) is 17.5. The first-order valence-electron chi connectivity index (χ1n) is 8.69. The summed E-state index contributed by atoms with van der Waals surface area (Å²) in [7, 11) is 0. The van der Waals surface area contributed by atoms with Crippen LogP contribution in [0, 0.1) is 0 Å². The number of aromatic nitrogens is 3. The van der Waals surface area contributed by atoms with Crippen LogP contribution >= 0.6 is 11.6 Å². The Morgan fingerprint density at radius 3 is 2.52 bits per heavy atom. The maximum absolute atomic E-state index is 12.5. The predicted octanol–water partition coefficient (Wildman–Crippen LogP) is 4.50. The van der Waals surface area contributed by atoms with Crippen LogP contribution in [0.25, 0.3) is 28.0 Å². The second kappa shape index (κ2) is 7.39. The molecule has 4 aromatic rings. The van der Waals surface area contributed by atoms with Crippen molar-refractivity contribution < 1.29 is 4.74 Å². The van der Waals surface area contributed by atoms with E-state index >= 15 is 0 Å². The lowest BCUT2D eigenvalue weighted by Crippen LogP contribution is -2.15. The average molecular weight is 380 g/mol. The van der Waals surface area contributed by atoms with Crippen molar-refractivity contribution in [2.24, 2.45) is 0 Å². The van der Waals surface area contributed by atoms with E-state index in [1.807, 2.05) is 76.7 Å². The van der Waals surface area contributed by atoms with E-state index in [2.05, 4.69) is 4.98 Å². The monoisotopic (exact) mass is 379 g/mol. The van der Waals surface area contributed by atoms with Crippen molar-refractivity contribution in [3.05, 3.63) is 82.4 Å². The molecule has 0 bridgehead atoms. The van der Waals surface area contributed by atoms with Crippen molar-refractivity contribution in [2.45, 2.75) is 13.7 Å². The molecular formula is C21H18ClN3O2. The molecule has 0 N–H and O–H groups in total. The van der Waals surface area contributed by atoms with Crippen LogP contribution in [-0.2, 0) is 11.5 Å². The Balaban J connectivity index is 2.07. The molecule has 27 heavy (non-hydrogen) atoms. The molecule has 0 spiro atoms. The van der Waals surface area contributed by atoms with Crippen molar-refractivity contribution in [2.75, 3.05) is 6.61 Å². The molecule has 0 aliphatic heterocycles. The second-order valence-electron chi connectivity index (χ2n) is 6.09. The number of hydrogen-bond acceptors (Lipinski definition) is 3. The zero-order chi connectivity index (χ0) is 18.8. The summed E-state index contributed by atoms with van der Waals surface area (Å²) in [4.78, 5) is 16.5. The summed E-state index contributed by atoms with van der Waals surface area (Å²) in [5.74, 6) is 0. The van der Waals surface area contributed by atoms with Crippen LogP contribution in [0.2, 0.25) is 5.02 Å². The molecule has 0 atom stereocenters. The summed E-state index contributed by atoms with van der Waals surface area (Å²) in [6.45, 7) is 2.81. The smallest absolute Gasteiger partial charge is 0.282 e. The minimum atomic E-state index is -0.261. The summed E-state index contributed by atoms with van der Waals surface area (Å²) in [6.07, 6.45) is 1.53. The van der Waals surface area contributed by atoms with Gasteiger partial charge in [0.2, 0.25) is 0 Å². The first-order valence-corrected chi connectivity index (χ1v) is 9.07. The Hall–Kier alpha value is -2.89. The van der Waals surface area contributed by atoms with Gasteiger partial charge >= 0.3 is 0 Å². The largest absolute Gasteiger partial charge is 0.361 e. The average Bonchev–Trinajstić information content (AvgIpc) is 3.10. The first-order chi connectivity index (χ1) is 13.2. The topological polar surface area (TPSA) is 49.1 Å². The fraction of sp³-hybridized carbons (Fsp3) is 0.143. The Labute approximate surface area is 161 Å². The van der Waals surface area contributed by atoms with Gasteiger partial charge in [0.15, 0.2) is 0 Å². The van der Waals surface area contributed by atoms with Crippen molar-refractivity contribution in [3.63, 3.8) is 0 Å². The van der Waals surface area contributed by atoms with Gasteiger partial charge in [-0.15, -0.1) is 0 Å². The van der Waals surface area contributed by atoms with Crippen LogP contribution < -0.4 is 5.56 Å². The number of rotatable bonds is 5. The molecule has 0 fully saturated rings. The van der Waals surface area contributed by atoms with Gasteiger partial charge in [-0.25, -0.2) is 0 Å². The summed E-state index contributed by atoms with van der Waals surface area (Å²) < 4.78 is 9.47. The number of halogens is 1. The minimum absolute atomic E-state index is 0.261. The van der Waals surface area contributed by atoms with Gasteiger partial charge in [-0.2, -0.15) is 4.98 Å². The van der Waals surface area contributed by atoms with E-state index in [-0.39, 0.29) is 5.56 Å². The zero-order valence-corrected chi connectivity index (χ0v) is 15.6. The van der Waals surface area contributed by atoms with Gasteiger partial charge < -0.3 is 4.74 Å². The number of fused-ring (bicyclic) bond motifs is 1. The quantitative estimate of drug-likeness (QED) is 0.513. The standard InChI is InChI=1S/C21H18ClN3O2/c1-2-27-14-24-13-23-20(26)18-12-19(15-6-4-3-5-7-15)25(21(18)24)17-10-8-16(22)9-11-17/h3-13H,2,14H2,1H3. The predicted molar refractivity (Wildman–Crippen MR) is 107 cm³/mol. The molecule has 2 aromatic heterocycles. The van der Waals surface area contributed by atoms with Crippen LogP contribution in [0.5, 0.6) is 0 Å². The Kier molecular flexibility index (Phi) is 4.79. The van der Waals surface area contributed by atoms with Crippen LogP contribution in [-0.4, -0.2) is 20.7 Å².